The molecule has 0 saturated heterocycles. The van der Waals surface area contributed by atoms with Crippen LogP contribution in [0.3, 0.4) is 0 Å². The van der Waals surface area contributed by atoms with Crippen molar-refractivity contribution in [2.75, 3.05) is 7.11 Å². The molecule has 0 aliphatic heterocycles. The van der Waals surface area contributed by atoms with E-state index in [4.69, 9.17) is 21.4 Å². The van der Waals surface area contributed by atoms with Gasteiger partial charge in [-0.1, -0.05) is 6.07 Å². The number of methoxy groups -OCH3 is 1. The fourth-order valence-corrected chi connectivity index (χ4v) is 3.57. The van der Waals surface area contributed by atoms with E-state index in [1.54, 1.807) is 30.3 Å². The highest BCUT2D eigenvalue weighted by molar-refractivity contribution is 7.71. The average molecular weight is 382 g/mol. The molecule has 0 radical (unpaired) electrons. The quantitative estimate of drug-likeness (QED) is 0.683. The van der Waals surface area contributed by atoms with Crippen molar-refractivity contribution in [3.05, 3.63) is 74.8 Å². The Morgan fingerprint density at radius 2 is 2.30 bits per heavy atom. The Morgan fingerprint density at radius 1 is 1.41 bits per heavy atom. The van der Waals surface area contributed by atoms with Gasteiger partial charge in [-0.05, 0) is 36.3 Å². The number of nitrogens with zero attached hydrogens (tertiary/aromatic N) is 3. The van der Waals surface area contributed by atoms with Gasteiger partial charge in [-0.2, -0.15) is 0 Å². The van der Waals surface area contributed by atoms with Crippen molar-refractivity contribution in [2.24, 2.45) is 0 Å². The number of fused-ring (bicyclic) bond motifs is 1. The first-order valence-corrected chi connectivity index (χ1v) is 8.96. The van der Waals surface area contributed by atoms with Crippen molar-refractivity contribution in [1.29, 1.82) is 0 Å². The highest BCUT2D eigenvalue weighted by Crippen LogP contribution is 2.30. The van der Waals surface area contributed by atoms with Crippen molar-refractivity contribution in [3.8, 4) is 0 Å². The molecule has 0 saturated carbocycles. The minimum absolute atomic E-state index is 0.121. The summed E-state index contributed by atoms with van der Waals surface area (Å²) < 4.78 is 13.0. The minimum Gasteiger partial charge on any atom is -0.444 e. The molecule has 3 heterocycles. The van der Waals surface area contributed by atoms with Crippen molar-refractivity contribution in [2.45, 2.75) is 25.5 Å². The molecule has 0 amide bonds. The van der Waals surface area contributed by atoms with Gasteiger partial charge in [0, 0.05) is 43.7 Å². The second-order valence-electron chi connectivity index (χ2n) is 6.28. The fourth-order valence-electron chi connectivity index (χ4n) is 3.27. The van der Waals surface area contributed by atoms with E-state index in [0.717, 1.165) is 16.8 Å². The molecule has 3 aromatic heterocycles. The third-order valence-electron chi connectivity index (χ3n) is 4.69. The number of hydrogen-bond acceptors (Lipinski definition) is 6. The first-order valence-electron chi connectivity index (χ1n) is 8.55. The summed E-state index contributed by atoms with van der Waals surface area (Å²) in [6.07, 6.45) is 9.26. The normalized spacial score (nSPS) is 16.0. The summed E-state index contributed by atoms with van der Waals surface area (Å²) >= 11 is 5.43. The minimum atomic E-state index is -0.234. The van der Waals surface area contributed by atoms with Crippen LogP contribution in [0.5, 0.6) is 0 Å². The molecular weight excluding hydrogens is 364 g/mol. The summed E-state index contributed by atoms with van der Waals surface area (Å²) in [6, 6.07) is 3.86. The lowest BCUT2D eigenvalue weighted by Crippen LogP contribution is -2.31. The molecule has 0 spiro atoms. The van der Waals surface area contributed by atoms with E-state index < -0.39 is 0 Å². The largest absolute Gasteiger partial charge is 0.444 e. The summed E-state index contributed by atoms with van der Waals surface area (Å²) in [5, 5.41) is 0. The Balaban J connectivity index is 1.74. The number of oxazole rings is 1. The van der Waals surface area contributed by atoms with Gasteiger partial charge < -0.3 is 14.1 Å². The molecule has 0 fully saturated rings. The van der Waals surface area contributed by atoms with Crippen LogP contribution in [-0.4, -0.2) is 32.7 Å². The first kappa shape index (κ1) is 17.6. The molecule has 1 unspecified atom stereocenters. The number of pyridine rings is 1. The molecule has 3 aromatic rings. The van der Waals surface area contributed by atoms with E-state index in [-0.39, 0.29) is 11.7 Å². The topological polar surface area (TPSA) is 85.9 Å². The molecule has 8 heteroatoms. The van der Waals surface area contributed by atoms with Gasteiger partial charge >= 0.3 is 0 Å². The Morgan fingerprint density at radius 3 is 3.00 bits per heavy atom. The average Bonchev–Trinajstić information content (AvgIpc) is 3.22. The van der Waals surface area contributed by atoms with E-state index in [1.807, 2.05) is 18.2 Å². The van der Waals surface area contributed by atoms with Crippen molar-refractivity contribution < 1.29 is 9.15 Å². The lowest BCUT2D eigenvalue weighted by Gasteiger charge is -2.24. The van der Waals surface area contributed by atoms with Crippen molar-refractivity contribution in [1.82, 2.24) is 19.5 Å². The zero-order valence-corrected chi connectivity index (χ0v) is 15.5. The molecule has 7 nitrogen and oxygen atoms in total. The van der Waals surface area contributed by atoms with Crippen molar-refractivity contribution >= 4 is 23.9 Å². The molecule has 1 aliphatic rings. The zero-order chi connectivity index (χ0) is 18.8. The van der Waals surface area contributed by atoms with E-state index in [0.29, 0.717) is 35.5 Å². The Labute approximate surface area is 160 Å². The molecular formula is C19H18N4O3S. The monoisotopic (exact) mass is 382 g/mol. The third-order valence-corrected chi connectivity index (χ3v) is 5.01. The lowest BCUT2D eigenvalue weighted by atomic mass is 9.93. The van der Waals surface area contributed by atoms with Crippen LogP contribution < -0.4 is 5.56 Å². The second-order valence-corrected chi connectivity index (χ2v) is 6.67. The highest BCUT2D eigenvalue weighted by Gasteiger charge is 2.27. The maximum Gasteiger partial charge on any atom is 0.261 e. The maximum absolute atomic E-state index is 13.1. The van der Waals surface area contributed by atoms with E-state index >= 15 is 0 Å². The molecule has 4 rings (SSSR count). The summed E-state index contributed by atoms with van der Waals surface area (Å²) in [7, 11) is 1.63. The number of aryl methyl sites for hydroxylation is 1. The number of H-pyrrole nitrogens is 1. The number of ether oxygens (including phenoxy) is 1. The predicted molar refractivity (Wildman–Crippen MR) is 103 cm³/mol. The predicted octanol–water partition coefficient (Wildman–Crippen LogP) is 2.64. The van der Waals surface area contributed by atoms with Crippen LogP contribution in [0.4, 0.5) is 0 Å². The van der Waals surface area contributed by atoms with Crippen LogP contribution in [0.2, 0.25) is 0 Å². The second kappa shape index (κ2) is 7.42. The van der Waals surface area contributed by atoms with Gasteiger partial charge in [-0.25, -0.2) is 4.98 Å². The fraction of sp³-hybridized carbons (Fsp3) is 0.263. The number of aromatic amines is 1. The Kier molecular flexibility index (Phi) is 4.83. The number of rotatable bonds is 5. The van der Waals surface area contributed by atoms with Gasteiger partial charge in [0.25, 0.3) is 5.56 Å². The van der Waals surface area contributed by atoms with Crippen LogP contribution in [0.1, 0.15) is 22.6 Å². The highest BCUT2D eigenvalue weighted by atomic mass is 32.1. The molecule has 138 valence electrons. The van der Waals surface area contributed by atoms with E-state index in [1.165, 1.54) is 6.39 Å². The number of hydrogen-bond donors (Lipinski definition) is 1. The maximum atomic E-state index is 13.1. The van der Waals surface area contributed by atoms with Crippen LogP contribution >= 0.6 is 12.2 Å². The van der Waals surface area contributed by atoms with E-state index in [9.17, 15) is 4.79 Å². The summed E-state index contributed by atoms with van der Waals surface area (Å²) in [4.78, 5) is 24.4. The van der Waals surface area contributed by atoms with Gasteiger partial charge in [-0.3, -0.25) is 14.3 Å². The molecule has 1 aliphatic carbocycles. The van der Waals surface area contributed by atoms with Gasteiger partial charge in [0.05, 0.1) is 17.9 Å². The SMILES string of the molecule is COC1Cc2[nH]c(=S)n(CCc3cccnc3)c(=O)c2C=C1c1cnco1. The van der Waals surface area contributed by atoms with Crippen LogP contribution in [-0.2, 0) is 24.1 Å². The van der Waals surface area contributed by atoms with Gasteiger partial charge in [0.15, 0.2) is 16.9 Å². The smallest absolute Gasteiger partial charge is 0.261 e. The Hall–Kier alpha value is -2.84. The van der Waals surface area contributed by atoms with Crippen molar-refractivity contribution in [3.63, 3.8) is 0 Å². The standard InChI is InChI=1S/C19H18N4O3S/c1-25-16-8-15-13(7-14(16)17-10-21-11-26-17)18(24)23(19(27)22-15)6-4-12-3-2-5-20-9-12/h2-3,5,7,9-11,16H,4,6,8H2,1H3,(H,22,27). The van der Waals surface area contributed by atoms with Gasteiger partial charge in [0.2, 0.25) is 0 Å². The third kappa shape index (κ3) is 3.41. The number of aromatic nitrogens is 4. The Bertz CT molecular complexity index is 1080. The van der Waals surface area contributed by atoms with E-state index in [2.05, 4.69) is 15.0 Å². The van der Waals surface area contributed by atoms with Crippen LogP contribution in [0, 0.1) is 4.77 Å². The van der Waals surface area contributed by atoms with Gasteiger partial charge in [-0.15, -0.1) is 0 Å². The first-order chi connectivity index (χ1) is 13.2. The summed E-state index contributed by atoms with van der Waals surface area (Å²) in [5.41, 5.74) is 3.08. The van der Waals surface area contributed by atoms with Crippen LogP contribution in [0.25, 0.3) is 11.6 Å². The molecule has 27 heavy (non-hydrogen) atoms. The number of nitrogens with one attached hydrogen (secondary N) is 1. The molecule has 0 bridgehead atoms. The summed E-state index contributed by atoms with van der Waals surface area (Å²) in [6.45, 7) is 0.478. The summed E-state index contributed by atoms with van der Waals surface area (Å²) in [5.74, 6) is 0.594. The molecule has 1 atom stereocenters. The lowest BCUT2D eigenvalue weighted by molar-refractivity contribution is 0.146. The zero-order valence-electron chi connectivity index (χ0n) is 14.7. The molecule has 1 N–H and O–H groups in total. The van der Waals surface area contributed by atoms with Gasteiger partial charge in [0.1, 0.15) is 0 Å². The van der Waals surface area contributed by atoms with Crippen LogP contribution in [0.15, 0.2) is 46.3 Å². The molecule has 0 aromatic carbocycles.